The van der Waals surface area contributed by atoms with Gasteiger partial charge in [-0.3, -0.25) is 14.4 Å². The molecule has 9 heteroatoms. The number of fused-ring (bicyclic) bond motifs is 2. The van der Waals surface area contributed by atoms with E-state index in [4.69, 9.17) is 9.47 Å². The number of aliphatic hydroxyl groups is 1. The van der Waals surface area contributed by atoms with Crippen LogP contribution >= 0.6 is 11.8 Å². The minimum atomic E-state index is -0.881. The molecule has 8 nitrogen and oxygen atoms in total. The Kier molecular flexibility index (Phi) is 6.16. The Balaban J connectivity index is 1.58. The Morgan fingerprint density at radius 1 is 1.18 bits per heavy atom. The van der Waals surface area contributed by atoms with Crippen LogP contribution in [0, 0.1) is 11.8 Å². The van der Waals surface area contributed by atoms with Crippen LogP contribution in [-0.2, 0) is 19.1 Å². The summed E-state index contributed by atoms with van der Waals surface area (Å²) in [6.07, 6.45) is 8.87. The van der Waals surface area contributed by atoms with Crippen LogP contribution in [0.15, 0.2) is 48.6 Å². The van der Waals surface area contributed by atoms with Gasteiger partial charge in [0.15, 0.2) is 0 Å². The Bertz CT molecular complexity index is 1040. The first-order valence-electron chi connectivity index (χ1n) is 11.6. The lowest BCUT2D eigenvalue weighted by Crippen LogP contribution is -2.53. The fourth-order valence-corrected chi connectivity index (χ4v) is 7.58. The van der Waals surface area contributed by atoms with Crippen molar-refractivity contribution in [1.29, 1.82) is 0 Å². The van der Waals surface area contributed by atoms with Gasteiger partial charge in [0.2, 0.25) is 5.91 Å². The first-order valence-corrected chi connectivity index (χ1v) is 12.5. The van der Waals surface area contributed by atoms with Crippen LogP contribution in [-0.4, -0.2) is 77.2 Å². The van der Waals surface area contributed by atoms with Gasteiger partial charge < -0.3 is 24.4 Å². The molecule has 5 rings (SSSR count). The number of hydrogen-bond acceptors (Lipinski definition) is 7. The molecule has 1 spiro atoms. The lowest BCUT2D eigenvalue weighted by Gasteiger charge is -2.35. The maximum absolute atomic E-state index is 14.1. The SMILES string of the molecule is COc1ccc(N2CC=C[C@]34S[C@@H]5C=CCCOC(=O)[C@@H]5[C@H]3C(=O)N(CCCO)C4C2=O)cc1. The summed E-state index contributed by atoms with van der Waals surface area (Å²) in [6, 6.07) is 6.46. The van der Waals surface area contributed by atoms with Crippen LogP contribution in [0.25, 0.3) is 0 Å². The average molecular weight is 485 g/mol. The highest BCUT2D eigenvalue weighted by Crippen LogP contribution is 2.60. The van der Waals surface area contributed by atoms with Gasteiger partial charge in [0.05, 0.1) is 30.3 Å². The van der Waals surface area contributed by atoms with Crippen LogP contribution in [0.3, 0.4) is 0 Å². The summed E-state index contributed by atoms with van der Waals surface area (Å²) in [4.78, 5) is 44.2. The van der Waals surface area contributed by atoms with Gasteiger partial charge in [0.25, 0.3) is 5.91 Å². The Morgan fingerprint density at radius 3 is 2.71 bits per heavy atom. The van der Waals surface area contributed by atoms with Crippen molar-refractivity contribution < 1.29 is 29.0 Å². The first-order chi connectivity index (χ1) is 16.5. The fourth-order valence-electron chi connectivity index (χ4n) is 5.58. The Hall–Kier alpha value is -2.78. The molecule has 2 amide bonds. The number of anilines is 1. The minimum Gasteiger partial charge on any atom is -0.497 e. The molecule has 1 aromatic rings. The van der Waals surface area contributed by atoms with Gasteiger partial charge in [-0.05, 0) is 37.1 Å². The molecular weight excluding hydrogens is 456 g/mol. The molecule has 4 aliphatic heterocycles. The molecule has 4 aliphatic rings. The molecule has 0 aliphatic carbocycles. The molecule has 0 aromatic heterocycles. The number of thioether (sulfide) groups is 1. The number of benzene rings is 1. The van der Waals surface area contributed by atoms with Crippen molar-refractivity contribution in [1.82, 2.24) is 4.90 Å². The van der Waals surface area contributed by atoms with Gasteiger partial charge in [-0.2, -0.15) is 0 Å². The molecular formula is C25H28N2O6S. The highest BCUT2D eigenvalue weighted by molar-refractivity contribution is 8.02. The second kappa shape index (κ2) is 9.11. The first kappa shape index (κ1) is 23.0. The van der Waals surface area contributed by atoms with E-state index in [0.29, 0.717) is 30.8 Å². The largest absolute Gasteiger partial charge is 0.497 e. The third kappa shape index (κ3) is 3.53. The second-order valence-electron chi connectivity index (χ2n) is 8.88. The minimum absolute atomic E-state index is 0.0929. The van der Waals surface area contributed by atoms with Crippen LogP contribution in [0.5, 0.6) is 5.75 Å². The number of nitrogens with zero attached hydrogens (tertiary/aromatic N) is 2. The topological polar surface area (TPSA) is 96.4 Å². The van der Waals surface area contributed by atoms with Crippen molar-refractivity contribution in [3.05, 3.63) is 48.6 Å². The van der Waals surface area contributed by atoms with Crippen molar-refractivity contribution in [2.45, 2.75) is 28.9 Å². The predicted molar refractivity (Wildman–Crippen MR) is 127 cm³/mol. The zero-order chi connectivity index (χ0) is 23.9. The van der Waals surface area contributed by atoms with E-state index in [2.05, 4.69) is 0 Å². The summed E-state index contributed by atoms with van der Waals surface area (Å²) in [5, 5.41) is 9.22. The Labute approximate surface area is 202 Å². The Morgan fingerprint density at radius 2 is 1.97 bits per heavy atom. The summed E-state index contributed by atoms with van der Waals surface area (Å²) in [5.41, 5.74) is 0.707. The monoisotopic (exact) mass is 484 g/mol. The van der Waals surface area contributed by atoms with Gasteiger partial charge in [-0.25, -0.2) is 0 Å². The van der Waals surface area contributed by atoms with E-state index in [0.717, 1.165) is 0 Å². The average Bonchev–Trinajstić information content (AvgIpc) is 3.21. The van der Waals surface area contributed by atoms with Crippen molar-refractivity contribution in [3.63, 3.8) is 0 Å². The zero-order valence-corrected chi connectivity index (χ0v) is 19.8. The lowest BCUT2D eigenvalue weighted by molar-refractivity contribution is -0.153. The van der Waals surface area contributed by atoms with E-state index >= 15 is 0 Å². The standard InChI is InChI=1S/C25H28N2O6S/c1-32-17-9-7-16(8-10-17)26-12-4-11-25-20(19-18(34-25)6-2-3-15-33-24(19)31)22(29)27(13-5-14-28)21(25)23(26)30/h2,4,6-11,18-21,28H,3,5,12-15H2,1H3/t18-,19+,20+,21?,25+/m1/s1. The molecule has 2 saturated heterocycles. The molecule has 0 saturated carbocycles. The van der Waals surface area contributed by atoms with Gasteiger partial charge in [-0.15, -0.1) is 11.8 Å². The summed E-state index contributed by atoms with van der Waals surface area (Å²) in [6.45, 7) is 0.796. The molecule has 1 aromatic carbocycles. The number of esters is 1. The van der Waals surface area contributed by atoms with Crippen molar-refractivity contribution in [2.24, 2.45) is 11.8 Å². The van der Waals surface area contributed by atoms with Crippen LogP contribution in [0.2, 0.25) is 0 Å². The number of ether oxygens (including phenoxy) is 2. The number of rotatable bonds is 5. The summed E-state index contributed by atoms with van der Waals surface area (Å²) < 4.78 is 9.84. The number of carbonyl (C=O) groups excluding carboxylic acids is 3. The van der Waals surface area contributed by atoms with E-state index < -0.39 is 22.6 Å². The van der Waals surface area contributed by atoms with Gasteiger partial charge in [-0.1, -0.05) is 24.3 Å². The highest BCUT2D eigenvalue weighted by atomic mass is 32.2. The predicted octanol–water partition coefficient (Wildman–Crippen LogP) is 1.78. The zero-order valence-electron chi connectivity index (χ0n) is 19.0. The summed E-state index contributed by atoms with van der Waals surface area (Å²) >= 11 is 1.52. The second-order valence-corrected chi connectivity index (χ2v) is 10.4. The third-order valence-corrected chi connectivity index (χ3v) is 8.81. The summed E-state index contributed by atoms with van der Waals surface area (Å²) in [5.74, 6) is -1.45. The molecule has 34 heavy (non-hydrogen) atoms. The van der Waals surface area contributed by atoms with Gasteiger partial charge >= 0.3 is 5.97 Å². The maximum Gasteiger partial charge on any atom is 0.311 e. The molecule has 0 bridgehead atoms. The fraction of sp³-hybridized carbons (Fsp3) is 0.480. The van der Waals surface area contributed by atoms with E-state index in [1.165, 1.54) is 11.8 Å². The molecule has 1 N–H and O–H groups in total. The number of methoxy groups -OCH3 is 1. The van der Waals surface area contributed by atoms with E-state index in [-0.39, 0.29) is 42.8 Å². The lowest BCUT2D eigenvalue weighted by atomic mass is 9.78. The van der Waals surface area contributed by atoms with Crippen molar-refractivity contribution in [3.8, 4) is 5.75 Å². The number of carbonyl (C=O) groups is 3. The van der Waals surface area contributed by atoms with Crippen molar-refractivity contribution >= 4 is 35.2 Å². The normalized spacial score (nSPS) is 32.5. The summed E-state index contributed by atoms with van der Waals surface area (Å²) in [7, 11) is 1.59. The number of cyclic esters (lactones) is 1. The van der Waals surface area contributed by atoms with Crippen LogP contribution < -0.4 is 9.64 Å². The number of amides is 2. The quantitative estimate of drug-likeness (QED) is 0.503. The van der Waals surface area contributed by atoms with Crippen molar-refractivity contribution in [2.75, 3.05) is 38.3 Å². The van der Waals surface area contributed by atoms with Gasteiger partial charge in [0.1, 0.15) is 11.8 Å². The van der Waals surface area contributed by atoms with E-state index in [9.17, 15) is 19.5 Å². The van der Waals surface area contributed by atoms with Crippen LogP contribution in [0.1, 0.15) is 12.8 Å². The number of likely N-dealkylation sites (tertiary alicyclic amines) is 1. The van der Waals surface area contributed by atoms with E-state index in [1.807, 2.05) is 36.4 Å². The molecule has 180 valence electrons. The molecule has 2 fully saturated rings. The van der Waals surface area contributed by atoms with Crippen LogP contribution in [0.4, 0.5) is 5.69 Å². The molecule has 1 unspecified atom stereocenters. The number of aliphatic hydroxyl groups excluding tert-OH is 1. The smallest absolute Gasteiger partial charge is 0.311 e. The third-order valence-electron chi connectivity index (χ3n) is 7.06. The van der Waals surface area contributed by atoms with E-state index in [1.54, 1.807) is 29.0 Å². The molecule has 0 radical (unpaired) electrons. The molecule has 5 atom stereocenters. The molecule has 4 heterocycles. The highest BCUT2D eigenvalue weighted by Gasteiger charge is 2.70. The number of hydrogen-bond donors (Lipinski definition) is 1. The van der Waals surface area contributed by atoms with Gasteiger partial charge in [0, 0.05) is 30.6 Å². The maximum atomic E-state index is 14.1.